The maximum atomic E-state index is 4.59. The number of thioether (sulfide) groups is 1. The Kier molecular flexibility index (Phi) is 3.48. The minimum atomic E-state index is 0. The van der Waals surface area contributed by atoms with Crippen LogP contribution in [0.25, 0.3) is 22.1 Å². The zero-order valence-corrected chi connectivity index (χ0v) is 12.6. The molecule has 1 fully saturated rings. The first-order valence-electron chi connectivity index (χ1n) is 7.36. The van der Waals surface area contributed by atoms with Gasteiger partial charge in [0.05, 0.1) is 0 Å². The second kappa shape index (κ2) is 5.61. The van der Waals surface area contributed by atoms with Crippen LogP contribution in [0.2, 0.25) is 0 Å². The van der Waals surface area contributed by atoms with E-state index >= 15 is 0 Å². The van der Waals surface area contributed by atoms with Crippen LogP contribution in [0, 0.1) is 0 Å². The van der Waals surface area contributed by atoms with Crippen molar-refractivity contribution in [1.82, 2.24) is 25.1 Å². The minimum Gasteiger partial charge on any atom is -0.338 e. The number of nitrogens with one attached hydrogen (secondary N) is 1. The molecular weight excluding hydrogens is 282 g/mol. The van der Waals surface area contributed by atoms with E-state index in [1.807, 2.05) is 24.3 Å². The average molecular weight is 301 g/mol. The van der Waals surface area contributed by atoms with Crippen molar-refractivity contribution in [2.75, 3.05) is 25.4 Å². The summed E-state index contributed by atoms with van der Waals surface area (Å²) < 4.78 is 0. The maximum Gasteiger partial charge on any atom is 0.211 e. The molecule has 0 saturated carbocycles. The summed E-state index contributed by atoms with van der Waals surface area (Å²) in [5, 5.41) is 10.4. The van der Waals surface area contributed by atoms with Crippen LogP contribution in [0.5, 0.6) is 0 Å². The first-order valence-corrected chi connectivity index (χ1v) is 8.35. The van der Waals surface area contributed by atoms with Gasteiger partial charge in [-0.1, -0.05) is 30.0 Å². The third-order valence-corrected chi connectivity index (χ3v) is 4.76. The van der Waals surface area contributed by atoms with E-state index in [9.17, 15) is 0 Å². The Morgan fingerprint density at radius 2 is 2.05 bits per heavy atom. The molecule has 6 heteroatoms. The van der Waals surface area contributed by atoms with Gasteiger partial charge in [-0.05, 0) is 32.0 Å². The van der Waals surface area contributed by atoms with Gasteiger partial charge in [-0.15, -0.1) is 10.2 Å². The Morgan fingerprint density at radius 3 is 2.95 bits per heavy atom. The number of likely N-dealkylation sites (tertiary alicyclic amines) is 1. The molecule has 0 bridgehead atoms. The fourth-order valence-corrected chi connectivity index (χ4v) is 3.63. The van der Waals surface area contributed by atoms with Crippen LogP contribution in [0.3, 0.4) is 0 Å². The number of rotatable bonds is 4. The fourth-order valence-electron chi connectivity index (χ4n) is 2.84. The van der Waals surface area contributed by atoms with Crippen molar-refractivity contribution in [2.24, 2.45) is 0 Å². The largest absolute Gasteiger partial charge is 0.338 e. The predicted octanol–water partition coefficient (Wildman–Crippen LogP) is 2.94. The Labute approximate surface area is 128 Å². The van der Waals surface area contributed by atoms with Gasteiger partial charge < -0.3 is 9.88 Å². The summed E-state index contributed by atoms with van der Waals surface area (Å²) in [6, 6.07) is 8.11. The van der Waals surface area contributed by atoms with Gasteiger partial charge in [0.15, 0.2) is 5.65 Å². The zero-order valence-electron chi connectivity index (χ0n) is 11.7. The van der Waals surface area contributed by atoms with E-state index in [-0.39, 0.29) is 1.43 Å². The summed E-state index contributed by atoms with van der Waals surface area (Å²) in [4.78, 5) is 10.4. The van der Waals surface area contributed by atoms with E-state index in [0.29, 0.717) is 0 Å². The van der Waals surface area contributed by atoms with Crippen molar-refractivity contribution < 1.29 is 1.43 Å². The number of aromatic amines is 1. The van der Waals surface area contributed by atoms with E-state index in [2.05, 4.69) is 25.1 Å². The van der Waals surface area contributed by atoms with Crippen molar-refractivity contribution in [1.29, 1.82) is 0 Å². The second-order valence-electron chi connectivity index (χ2n) is 5.36. The van der Waals surface area contributed by atoms with Gasteiger partial charge in [0.1, 0.15) is 5.52 Å². The van der Waals surface area contributed by atoms with Gasteiger partial charge in [-0.3, -0.25) is 0 Å². The van der Waals surface area contributed by atoms with E-state index in [1.54, 1.807) is 11.8 Å². The molecule has 3 aromatic rings. The first-order chi connectivity index (χ1) is 10.4. The molecule has 110 valence electrons. The molecule has 0 aliphatic carbocycles. The SMILES string of the molecule is [HH].c1ccc2c(c1)[nH]c1nc(SCCN3CCCC3)nnc12. The van der Waals surface area contributed by atoms with Crippen molar-refractivity contribution in [3.8, 4) is 0 Å². The molecule has 1 N–H and O–H groups in total. The fraction of sp³-hybridized carbons (Fsp3) is 0.400. The smallest absolute Gasteiger partial charge is 0.211 e. The molecular formula is C15H19N5S. The Hall–Kier alpha value is -1.66. The molecule has 1 aliphatic heterocycles. The van der Waals surface area contributed by atoms with Crippen LogP contribution in [-0.4, -0.2) is 50.5 Å². The van der Waals surface area contributed by atoms with E-state index < -0.39 is 0 Å². The molecule has 1 aromatic carbocycles. The molecule has 0 radical (unpaired) electrons. The molecule has 21 heavy (non-hydrogen) atoms. The summed E-state index contributed by atoms with van der Waals surface area (Å²) in [6.07, 6.45) is 2.67. The predicted molar refractivity (Wildman–Crippen MR) is 87.7 cm³/mol. The molecule has 0 spiro atoms. The Bertz CT molecular complexity index is 769. The minimum absolute atomic E-state index is 0. The zero-order chi connectivity index (χ0) is 14.1. The lowest BCUT2D eigenvalue weighted by molar-refractivity contribution is 0.362. The standard InChI is InChI=1S/C15H17N5S.H2/c1-2-6-12-11(5-1)13-14(16-12)17-15(19-18-13)21-10-9-20-7-3-4-8-20;/h1-2,5-6H,3-4,7-10H2,(H,16,17,19);1H. The van der Waals surface area contributed by atoms with E-state index in [1.165, 1.54) is 25.9 Å². The number of nitrogens with zero attached hydrogens (tertiary/aromatic N) is 4. The summed E-state index contributed by atoms with van der Waals surface area (Å²) in [7, 11) is 0. The second-order valence-corrected chi connectivity index (χ2v) is 6.42. The van der Waals surface area contributed by atoms with Crippen LogP contribution in [0.4, 0.5) is 0 Å². The van der Waals surface area contributed by atoms with Gasteiger partial charge in [-0.25, -0.2) is 4.98 Å². The Balaban J connectivity index is 0.00000144. The highest BCUT2D eigenvalue weighted by molar-refractivity contribution is 7.99. The topological polar surface area (TPSA) is 57.7 Å². The molecule has 1 saturated heterocycles. The van der Waals surface area contributed by atoms with Gasteiger partial charge >= 0.3 is 0 Å². The van der Waals surface area contributed by atoms with Crippen LogP contribution in [0.1, 0.15) is 14.3 Å². The van der Waals surface area contributed by atoms with Gasteiger partial charge in [0.25, 0.3) is 0 Å². The number of hydrogen-bond acceptors (Lipinski definition) is 5. The van der Waals surface area contributed by atoms with E-state index in [4.69, 9.17) is 0 Å². The van der Waals surface area contributed by atoms with Gasteiger partial charge in [-0.2, -0.15) is 0 Å². The lowest BCUT2D eigenvalue weighted by Crippen LogP contribution is -2.21. The van der Waals surface area contributed by atoms with Crippen LogP contribution in [-0.2, 0) is 0 Å². The lowest BCUT2D eigenvalue weighted by atomic mass is 10.2. The molecule has 1 aliphatic rings. The lowest BCUT2D eigenvalue weighted by Gasteiger charge is -2.12. The number of aromatic nitrogens is 4. The number of para-hydroxylation sites is 1. The highest BCUT2D eigenvalue weighted by atomic mass is 32.2. The molecule has 5 nitrogen and oxygen atoms in total. The molecule has 0 unspecified atom stereocenters. The van der Waals surface area contributed by atoms with Gasteiger partial charge in [0, 0.05) is 24.6 Å². The summed E-state index contributed by atoms with van der Waals surface area (Å²) >= 11 is 1.69. The van der Waals surface area contributed by atoms with Crippen LogP contribution < -0.4 is 0 Å². The van der Waals surface area contributed by atoms with Crippen molar-refractivity contribution >= 4 is 33.8 Å². The maximum absolute atomic E-state index is 4.59. The number of fused-ring (bicyclic) bond motifs is 3. The molecule has 4 rings (SSSR count). The summed E-state index contributed by atoms with van der Waals surface area (Å²) in [6.45, 7) is 3.58. The first kappa shape index (κ1) is 13.0. The van der Waals surface area contributed by atoms with Crippen LogP contribution in [0.15, 0.2) is 29.4 Å². The highest BCUT2D eigenvalue weighted by Gasteiger charge is 2.12. The van der Waals surface area contributed by atoms with Gasteiger partial charge in [0.2, 0.25) is 5.16 Å². The van der Waals surface area contributed by atoms with Crippen LogP contribution >= 0.6 is 11.8 Å². The quantitative estimate of drug-likeness (QED) is 0.751. The van der Waals surface area contributed by atoms with Crippen molar-refractivity contribution in [3.05, 3.63) is 24.3 Å². The Morgan fingerprint density at radius 1 is 1.19 bits per heavy atom. The number of H-pyrrole nitrogens is 1. The average Bonchev–Trinajstić information content (AvgIpc) is 3.13. The molecule has 0 atom stereocenters. The highest BCUT2D eigenvalue weighted by Crippen LogP contribution is 2.23. The third-order valence-electron chi connectivity index (χ3n) is 3.94. The van der Waals surface area contributed by atoms with E-state index in [0.717, 1.165) is 39.5 Å². The molecule has 0 amide bonds. The third kappa shape index (κ3) is 2.61. The van der Waals surface area contributed by atoms with Crippen molar-refractivity contribution in [2.45, 2.75) is 18.0 Å². The normalized spacial score (nSPS) is 16.2. The molecule has 3 heterocycles. The van der Waals surface area contributed by atoms with Crippen molar-refractivity contribution in [3.63, 3.8) is 0 Å². The molecule has 2 aromatic heterocycles. The summed E-state index contributed by atoms with van der Waals surface area (Å²) in [5.74, 6) is 1.02. The number of hydrogen-bond donors (Lipinski definition) is 1. The summed E-state index contributed by atoms with van der Waals surface area (Å²) in [5.41, 5.74) is 2.75. The monoisotopic (exact) mass is 301 g/mol. The number of benzene rings is 1.